The van der Waals surface area contributed by atoms with Crippen molar-refractivity contribution in [2.24, 2.45) is 0 Å². The Labute approximate surface area is 146 Å². The van der Waals surface area contributed by atoms with Gasteiger partial charge in [-0.3, -0.25) is 0 Å². The van der Waals surface area contributed by atoms with Gasteiger partial charge in [0, 0.05) is 33.1 Å². The Kier molecular flexibility index (Phi) is 3.95. The van der Waals surface area contributed by atoms with Crippen LogP contribution in [0.25, 0.3) is 5.65 Å². The summed E-state index contributed by atoms with van der Waals surface area (Å²) in [7, 11) is 3.97. The number of nitrogens with zero attached hydrogens (tertiary/aromatic N) is 8. The van der Waals surface area contributed by atoms with Gasteiger partial charge in [-0.15, -0.1) is 20.4 Å². The number of anilines is 2. The van der Waals surface area contributed by atoms with Crippen molar-refractivity contribution in [3.05, 3.63) is 35.8 Å². The zero-order valence-corrected chi connectivity index (χ0v) is 14.8. The predicted molar refractivity (Wildman–Crippen MR) is 96.1 cm³/mol. The van der Waals surface area contributed by atoms with E-state index in [0.29, 0.717) is 5.92 Å². The smallest absolute Gasteiger partial charge is 0.178 e. The molecule has 8 heteroatoms. The molecule has 1 fully saturated rings. The largest absolute Gasteiger partial charge is 0.361 e. The summed E-state index contributed by atoms with van der Waals surface area (Å²) in [5.41, 5.74) is 1.74. The molecule has 3 aromatic rings. The summed E-state index contributed by atoms with van der Waals surface area (Å²) in [6, 6.07) is 7.98. The molecular weight excluding hydrogens is 316 g/mol. The van der Waals surface area contributed by atoms with Crippen LogP contribution in [0.4, 0.5) is 11.6 Å². The van der Waals surface area contributed by atoms with Gasteiger partial charge in [-0.1, -0.05) is 0 Å². The maximum atomic E-state index is 4.68. The Hall–Kier alpha value is -2.77. The lowest BCUT2D eigenvalue weighted by Gasteiger charge is -2.31. The lowest BCUT2D eigenvalue weighted by atomic mass is 9.96. The van der Waals surface area contributed by atoms with Crippen LogP contribution in [0.1, 0.15) is 30.3 Å². The SMILES string of the molecule is Cc1ccc(N2CCC(c3nnc4ccc(N(C)C)nn34)CC2)nn1. The van der Waals surface area contributed by atoms with E-state index in [2.05, 4.69) is 30.4 Å². The summed E-state index contributed by atoms with van der Waals surface area (Å²) >= 11 is 0. The van der Waals surface area contributed by atoms with Crippen LogP contribution in [0.5, 0.6) is 0 Å². The van der Waals surface area contributed by atoms with Crippen molar-refractivity contribution in [3.63, 3.8) is 0 Å². The van der Waals surface area contributed by atoms with Gasteiger partial charge < -0.3 is 9.80 Å². The summed E-state index contributed by atoms with van der Waals surface area (Å²) in [5.74, 6) is 3.16. The van der Waals surface area contributed by atoms with Gasteiger partial charge in [0.1, 0.15) is 5.82 Å². The van der Waals surface area contributed by atoms with Crippen molar-refractivity contribution in [2.45, 2.75) is 25.7 Å². The number of piperidine rings is 1. The van der Waals surface area contributed by atoms with Crippen LogP contribution in [0.3, 0.4) is 0 Å². The molecule has 0 amide bonds. The van der Waals surface area contributed by atoms with Crippen LogP contribution in [0.2, 0.25) is 0 Å². The van der Waals surface area contributed by atoms with Gasteiger partial charge in [-0.25, -0.2) is 0 Å². The number of hydrogen-bond donors (Lipinski definition) is 0. The third-order valence-corrected chi connectivity index (χ3v) is 4.70. The van der Waals surface area contributed by atoms with Crippen molar-refractivity contribution >= 4 is 17.3 Å². The fourth-order valence-electron chi connectivity index (χ4n) is 3.22. The summed E-state index contributed by atoms with van der Waals surface area (Å²) in [6.07, 6.45) is 2.01. The quantitative estimate of drug-likeness (QED) is 0.719. The van der Waals surface area contributed by atoms with E-state index in [9.17, 15) is 0 Å². The maximum absolute atomic E-state index is 4.68. The first kappa shape index (κ1) is 15.7. The normalized spacial score (nSPS) is 15.7. The first-order valence-electron chi connectivity index (χ1n) is 8.57. The highest BCUT2D eigenvalue weighted by Crippen LogP contribution is 2.29. The molecule has 1 saturated heterocycles. The van der Waals surface area contributed by atoms with Crippen LogP contribution in [-0.4, -0.2) is 57.2 Å². The van der Waals surface area contributed by atoms with Gasteiger partial charge in [-0.2, -0.15) is 9.61 Å². The summed E-state index contributed by atoms with van der Waals surface area (Å²) in [5, 5.41) is 21.8. The second-order valence-electron chi connectivity index (χ2n) is 6.71. The molecule has 0 aromatic carbocycles. The minimum absolute atomic E-state index is 0.356. The molecule has 0 unspecified atom stereocenters. The molecule has 25 heavy (non-hydrogen) atoms. The Morgan fingerprint density at radius 3 is 2.44 bits per heavy atom. The van der Waals surface area contributed by atoms with Gasteiger partial charge in [0.25, 0.3) is 0 Å². The molecule has 0 radical (unpaired) electrons. The highest BCUT2D eigenvalue weighted by atomic mass is 15.4. The highest BCUT2D eigenvalue weighted by molar-refractivity contribution is 5.45. The number of aromatic nitrogens is 6. The standard InChI is InChI=1S/C17H22N8/c1-12-4-5-14(19-18-12)24-10-8-13(9-11-24)17-21-20-15-6-7-16(23(2)3)22-25(15)17/h4-7,13H,8-11H2,1-3H3. The lowest BCUT2D eigenvalue weighted by molar-refractivity contribution is 0.474. The maximum Gasteiger partial charge on any atom is 0.178 e. The summed E-state index contributed by atoms with van der Waals surface area (Å²) in [6.45, 7) is 3.82. The molecule has 4 heterocycles. The van der Waals surface area contributed by atoms with Gasteiger partial charge in [0.15, 0.2) is 17.3 Å². The van der Waals surface area contributed by atoms with Crippen molar-refractivity contribution < 1.29 is 0 Å². The first-order chi connectivity index (χ1) is 12.1. The van der Waals surface area contributed by atoms with E-state index >= 15 is 0 Å². The molecule has 8 nitrogen and oxygen atoms in total. The molecule has 0 atom stereocenters. The van der Waals surface area contributed by atoms with Crippen LogP contribution in [-0.2, 0) is 0 Å². The number of hydrogen-bond acceptors (Lipinski definition) is 7. The molecule has 1 aliphatic rings. The Balaban J connectivity index is 1.53. The average Bonchev–Trinajstić information content (AvgIpc) is 3.05. The van der Waals surface area contributed by atoms with Crippen LogP contribution < -0.4 is 9.80 Å². The van der Waals surface area contributed by atoms with Crippen molar-refractivity contribution in [1.82, 2.24) is 30.0 Å². The number of fused-ring (bicyclic) bond motifs is 1. The average molecular weight is 338 g/mol. The van der Waals surface area contributed by atoms with E-state index in [4.69, 9.17) is 0 Å². The van der Waals surface area contributed by atoms with Gasteiger partial charge in [0.2, 0.25) is 0 Å². The monoisotopic (exact) mass is 338 g/mol. The minimum atomic E-state index is 0.356. The highest BCUT2D eigenvalue weighted by Gasteiger charge is 2.26. The molecule has 4 rings (SSSR count). The van der Waals surface area contributed by atoms with E-state index in [-0.39, 0.29) is 0 Å². The summed E-state index contributed by atoms with van der Waals surface area (Å²) < 4.78 is 1.89. The van der Waals surface area contributed by atoms with E-state index in [0.717, 1.165) is 54.7 Å². The fourth-order valence-corrected chi connectivity index (χ4v) is 3.22. The molecule has 0 spiro atoms. The molecule has 130 valence electrons. The van der Waals surface area contributed by atoms with Crippen molar-refractivity contribution in [3.8, 4) is 0 Å². The van der Waals surface area contributed by atoms with Gasteiger partial charge in [0.05, 0.1) is 5.69 Å². The second kappa shape index (κ2) is 6.27. The number of rotatable bonds is 3. The van der Waals surface area contributed by atoms with Crippen LogP contribution in [0, 0.1) is 6.92 Å². The van der Waals surface area contributed by atoms with E-state index in [1.54, 1.807) is 0 Å². The molecule has 0 aliphatic carbocycles. The van der Waals surface area contributed by atoms with E-state index in [1.807, 2.05) is 54.7 Å². The van der Waals surface area contributed by atoms with Crippen LogP contribution in [0.15, 0.2) is 24.3 Å². The first-order valence-corrected chi connectivity index (χ1v) is 8.57. The lowest BCUT2D eigenvalue weighted by Crippen LogP contribution is -2.34. The zero-order valence-electron chi connectivity index (χ0n) is 14.8. The fraction of sp³-hybridized carbons (Fsp3) is 0.471. The van der Waals surface area contributed by atoms with Crippen LogP contribution >= 0.6 is 0 Å². The molecule has 0 N–H and O–H groups in total. The zero-order chi connectivity index (χ0) is 17.4. The van der Waals surface area contributed by atoms with E-state index < -0.39 is 0 Å². The Morgan fingerprint density at radius 2 is 1.76 bits per heavy atom. The predicted octanol–water partition coefficient (Wildman–Crippen LogP) is 1.67. The number of aryl methyl sites for hydroxylation is 1. The van der Waals surface area contributed by atoms with Crippen molar-refractivity contribution in [1.29, 1.82) is 0 Å². The Morgan fingerprint density at radius 1 is 0.960 bits per heavy atom. The molecule has 1 aliphatic heterocycles. The minimum Gasteiger partial charge on any atom is -0.361 e. The summed E-state index contributed by atoms with van der Waals surface area (Å²) in [4.78, 5) is 4.27. The second-order valence-corrected chi connectivity index (χ2v) is 6.71. The molecule has 0 saturated carbocycles. The molecule has 3 aromatic heterocycles. The third-order valence-electron chi connectivity index (χ3n) is 4.70. The van der Waals surface area contributed by atoms with E-state index in [1.165, 1.54) is 0 Å². The topological polar surface area (TPSA) is 75.3 Å². The molecular formula is C17H22N8. The third kappa shape index (κ3) is 2.99. The van der Waals surface area contributed by atoms with Gasteiger partial charge in [-0.05, 0) is 44.0 Å². The molecule has 0 bridgehead atoms. The van der Waals surface area contributed by atoms with Crippen molar-refractivity contribution in [2.75, 3.05) is 37.0 Å². The Bertz CT molecular complexity index is 862. The van der Waals surface area contributed by atoms with Gasteiger partial charge >= 0.3 is 0 Å².